The number of nitrogens with zero attached hydrogens (tertiary/aromatic N) is 3. The van der Waals surface area contributed by atoms with Gasteiger partial charge in [-0.25, -0.2) is 4.98 Å². The average molecular weight is 477 g/mol. The number of carboxylic acids is 4. The normalized spacial score (nSPS) is 13.1. The third-order valence-electron chi connectivity index (χ3n) is 3.89. The van der Waals surface area contributed by atoms with Gasteiger partial charge >= 0.3 is 23.9 Å². The van der Waals surface area contributed by atoms with Gasteiger partial charge in [0, 0.05) is 25.8 Å². The standard InChI is InChI=1S/C17H24N4O8S2/c18-7-11(30-31-12-3-1-2-4-19-12)16(17(28)29)21(10-15(26)27)6-5-20(8-13(22)23)9-14(24)25/h1-4,11,16H,5-10,18H2,(H,22,23)(H,24,25)(H,26,27)(H,28,29). The number of carboxylic acid groups (broad SMARTS) is 4. The molecule has 0 bridgehead atoms. The Labute approximate surface area is 185 Å². The van der Waals surface area contributed by atoms with Gasteiger partial charge in [-0.1, -0.05) is 16.9 Å². The summed E-state index contributed by atoms with van der Waals surface area (Å²) in [5.41, 5.74) is 5.77. The van der Waals surface area contributed by atoms with Gasteiger partial charge in [0.15, 0.2) is 0 Å². The first-order chi connectivity index (χ1) is 14.6. The molecular weight excluding hydrogens is 452 g/mol. The fourth-order valence-electron chi connectivity index (χ4n) is 2.64. The van der Waals surface area contributed by atoms with E-state index in [9.17, 15) is 29.4 Å². The predicted octanol–water partition coefficient (Wildman–Crippen LogP) is -0.540. The molecule has 1 rings (SSSR count). The highest BCUT2D eigenvalue weighted by Gasteiger charge is 2.35. The summed E-state index contributed by atoms with van der Waals surface area (Å²) in [6, 6.07) is 3.91. The summed E-state index contributed by atoms with van der Waals surface area (Å²) in [6.07, 6.45) is 1.57. The van der Waals surface area contributed by atoms with E-state index in [1.807, 2.05) is 0 Å². The highest BCUT2D eigenvalue weighted by atomic mass is 33.1. The molecule has 1 aromatic rings. The van der Waals surface area contributed by atoms with Crippen molar-refractivity contribution in [2.75, 3.05) is 39.3 Å². The van der Waals surface area contributed by atoms with Gasteiger partial charge in [0.2, 0.25) is 0 Å². The van der Waals surface area contributed by atoms with Crippen LogP contribution in [0.3, 0.4) is 0 Å². The maximum absolute atomic E-state index is 12.0. The number of hydrogen-bond donors (Lipinski definition) is 5. The van der Waals surface area contributed by atoms with E-state index in [-0.39, 0.29) is 19.6 Å². The minimum atomic E-state index is -1.31. The van der Waals surface area contributed by atoms with E-state index in [2.05, 4.69) is 4.98 Å². The lowest BCUT2D eigenvalue weighted by Gasteiger charge is -2.33. The highest BCUT2D eigenvalue weighted by Crippen LogP contribution is 2.35. The fraction of sp³-hybridized carbons (Fsp3) is 0.471. The predicted molar refractivity (Wildman–Crippen MR) is 113 cm³/mol. The quantitative estimate of drug-likeness (QED) is 0.191. The van der Waals surface area contributed by atoms with Crippen LogP contribution >= 0.6 is 21.6 Å². The Bertz CT molecular complexity index is 739. The van der Waals surface area contributed by atoms with E-state index in [0.29, 0.717) is 5.03 Å². The lowest BCUT2D eigenvalue weighted by atomic mass is 10.1. The Morgan fingerprint density at radius 3 is 2.03 bits per heavy atom. The molecule has 6 N–H and O–H groups in total. The second-order valence-corrected chi connectivity index (χ2v) is 8.73. The third-order valence-corrected chi connectivity index (χ3v) is 6.63. The van der Waals surface area contributed by atoms with Crippen LogP contribution in [0.5, 0.6) is 0 Å². The van der Waals surface area contributed by atoms with Crippen LogP contribution in [0.15, 0.2) is 29.4 Å². The van der Waals surface area contributed by atoms with E-state index < -0.39 is 54.8 Å². The van der Waals surface area contributed by atoms with Crippen LogP contribution in [0.4, 0.5) is 0 Å². The first kappa shape index (κ1) is 26.6. The third kappa shape index (κ3) is 10.5. The lowest BCUT2D eigenvalue weighted by Crippen LogP contribution is -2.54. The number of nitrogens with two attached hydrogens (primary N) is 1. The molecule has 2 unspecified atom stereocenters. The van der Waals surface area contributed by atoms with Crippen LogP contribution in [0.25, 0.3) is 0 Å². The smallest absolute Gasteiger partial charge is 0.322 e. The zero-order valence-corrected chi connectivity index (χ0v) is 18.0. The summed E-state index contributed by atoms with van der Waals surface area (Å²) in [7, 11) is 2.33. The average Bonchev–Trinajstić information content (AvgIpc) is 2.67. The number of aliphatic carboxylic acids is 4. The summed E-state index contributed by atoms with van der Waals surface area (Å²) in [4.78, 5) is 51.6. The summed E-state index contributed by atoms with van der Waals surface area (Å²) in [6.45, 7) is -2.24. The van der Waals surface area contributed by atoms with Crippen LogP contribution in [-0.4, -0.2) is 110 Å². The number of hydrogen-bond acceptors (Lipinski definition) is 10. The summed E-state index contributed by atoms with van der Waals surface area (Å²) >= 11 is 0. The molecule has 14 heteroatoms. The Hall–Kier alpha value is -2.39. The zero-order chi connectivity index (χ0) is 23.4. The van der Waals surface area contributed by atoms with Gasteiger partial charge in [-0.05, 0) is 22.9 Å². The molecule has 0 radical (unpaired) electrons. The van der Waals surface area contributed by atoms with Gasteiger partial charge in [0.25, 0.3) is 0 Å². The first-order valence-corrected chi connectivity index (χ1v) is 11.1. The number of carbonyl (C=O) groups is 4. The van der Waals surface area contributed by atoms with Crippen molar-refractivity contribution >= 4 is 45.5 Å². The molecule has 0 aliphatic rings. The molecule has 0 aliphatic carbocycles. The number of rotatable bonds is 16. The van der Waals surface area contributed by atoms with Gasteiger partial charge in [0.1, 0.15) is 11.1 Å². The molecule has 31 heavy (non-hydrogen) atoms. The van der Waals surface area contributed by atoms with Crippen molar-refractivity contribution < 1.29 is 39.6 Å². The summed E-state index contributed by atoms with van der Waals surface area (Å²) in [5.74, 6) is -5.10. The monoisotopic (exact) mass is 476 g/mol. The maximum Gasteiger partial charge on any atom is 0.322 e. The van der Waals surface area contributed by atoms with E-state index in [4.69, 9.17) is 15.9 Å². The van der Waals surface area contributed by atoms with Crippen LogP contribution < -0.4 is 5.73 Å². The Kier molecular flexibility index (Phi) is 11.9. The van der Waals surface area contributed by atoms with Crippen molar-refractivity contribution in [3.63, 3.8) is 0 Å². The van der Waals surface area contributed by atoms with Crippen molar-refractivity contribution in [3.05, 3.63) is 24.4 Å². The molecular formula is C17H24N4O8S2. The largest absolute Gasteiger partial charge is 0.480 e. The van der Waals surface area contributed by atoms with Crippen LogP contribution in [-0.2, 0) is 19.2 Å². The molecule has 0 fully saturated rings. The zero-order valence-electron chi connectivity index (χ0n) is 16.4. The molecule has 2 atom stereocenters. The van der Waals surface area contributed by atoms with Crippen LogP contribution in [0, 0.1) is 0 Å². The van der Waals surface area contributed by atoms with Crippen LogP contribution in [0.2, 0.25) is 0 Å². The second kappa shape index (κ2) is 13.8. The minimum absolute atomic E-state index is 0.0778. The molecule has 0 saturated heterocycles. The van der Waals surface area contributed by atoms with Gasteiger partial charge in [-0.2, -0.15) is 0 Å². The fourth-order valence-corrected chi connectivity index (χ4v) is 5.08. The van der Waals surface area contributed by atoms with E-state index in [1.54, 1.807) is 24.4 Å². The Morgan fingerprint density at radius 1 is 0.968 bits per heavy atom. The molecule has 0 aliphatic heterocycles. The molecule has 0 aromatic carbocycles. The number of aromatic nitrogens is 1. The topological polar surface area (TPSA) is 195 Å². The van der Waals surface area contributed by atoms with E-state index in [1.165, 1.54) is 10.8 Å². The number of pyridine rings is 1. The van der Waals surface area contributed by atoms with Gasteiger partial charge in [0.05, 0.1) is 24.9 Å². The molecule has 0 amide bonds. The van der Waals surface area contributed by atoms with E-state index in [0.717, 1.165) is 20.6 Å². The summed E-state index contributed by atoms with van der Waals surface area (Å²) < 4.78 is 0. The van der Waals surface area contributed by atoms with Crippen LogP contribution in [0.1, 0.15) is 0 Å². The lowest BCUT2D eigenvalue weighted by molar-refractivity contribution is -0.148. The summed E-state index contributed by atoms with van der Waals surface area (Å²) in [5, 5.41) is 36.8. The molecule has 0 spiro atoms. The first-order valence-electron chi connectivity index (χ1n) is 8.93. The van der Waals surface area contributed by atoms with Crippen molar-refractivity contribution in [1.29, 1.82) is 0 Å². The maximum atomic E-state index is 12.0. The SMILES string of the molecule is NCC(SSc1ccccn1)C(C(=O)O)N(CCN(CC(=O)O)CC(=O)O)CC(=O)O. The molecule has 172 valence electrons. The van der Waals surface area contributed by atoms with Crippen molar-refractivity contribution in [3.8, 4) is 0 Å². The highest BCUT2D eigenvalue weighted by molar-refractivity contribution is 8.76. The van der Waals surface area contributed by atoms with Gasteiger partial charge in [-0.3, -0.25) is 29.0 Å². The van der Waals surface area contributed by atoms with Crippen molar-refractivity contribution in [2.24, 2.45) is 5.73 Å². The van der Waals surface area contributed by atoms with Gasteiger partial charge < -0.3 is 26.2 Å². The minimum Gasteiger partial charge on any atom is -0.480 e. The van der Waals surface area contributed by atoms with Crippen molar-refractivity contribution in [2.45, 2.75) is 16.3 Å². The van der Waals surface area contributed by atoms with Gasteiger partial charge in [-0.15, -0.1) is 0 Å². The molecule has 1 heterocycles. The Balaban J connectivity index is 2.98. The van der Waals surface area contributed by atoms with Crippen molar-refractivity contribution in [1.82, 2.24) is 14.8 Å². The molecule has 1 aromatic heterocycles. The van der Waals surface area contributed by atoms with E-state index >= 15 is 0 Å². The second-order valence-electron chi connectivity index (χ2n) is 6.27. The Morgan fingerprint density at radius 2 is 1.58 bits per heavy atom. The molecule has 0 saturated carbocycles. The molecule has 12 nitrogen and oxygen atoms in total.